The second-order valence-corrected chi connectivity index (χ2v) is 7.44. The van der Waals surface area contributed by atoms with Crippen LogP contribution >= 0.6 is 0 Å². The Kier molecular flexibility index (Phi) is 5.64. The lowest BCUT2D eigenvalue weighted by molar-refractivity contribution is 0.461. The molecule has 0 spiro atoms. The SMILES string of the molecule is CN=C(NCc1cn2c(C)cccc2n1)NC1CCN(c2cccc(F)c2)CC1. The van der Waals surface area contributed by atoms with Gasteiger partial charge in [0.2, 0.25) is 0 Å². The normalized spacial score (nSPS) is 15.7. The van der Waals surface area contributed by atoms with Crippen molar-refractivity contribution in [3.8, 4) is 0 Å². The third kappa shape index (κ3) is 4.50. The van der Waals surface area contributed by atoms with E-state index in [1.807, 2.05) is 18.2 Å². The highest BCUT2D eigenvalue weighted by Crippen LogP contribution is 2.20. The van der Waals surface area contributed by atoms with Gasteiger partial charge in [-0.15, -0.1) is 0 Å². The Bertz CT molecular complexity index is 1000. The number of pyridine rings is 1. The number of nitrogens with one attached hydrogen (secondary N) is 2. The fraction of sp³-hybridized carbons (Fsp3) is 0.364. The molecule has 2 aromatic heterocycles. The number of halogens is 1. The molecule has 1 aromatic carbocycles. The van der Waals surface area contributed by atoms with E-state index in [0.717, 1.165) is 54.6 Å². The van der Waals surface area contributed by atoms with Crippen LogP contribution in [0.3, 0.4) is 0 Å². The molecule has 0 saturated carbocycles. The van der Waals surface area contributed by atoms with Crippen LogP contribution in [0.4, 0.5) is 10.1 Å². The van der Waals surface area contributed by atoms with Gasteiger partial charge in [-0.05, 0) is 50.1 Å². The van der Waals surface area contributed by atoms with E-state index in [1.54, 1.807) is 19.2 Å². The van der Waals surface area contributed by atoms with Gasteiger partial charge in [0, 0.05) is 43.8 Å². The summed E-state index contributed by atoms with van der Waals surface area (Å²) in [5.41, 5.74) is 4.04. The first-order chi connectivity index (χ1) is 14.1. The number of rotatable bonds is 4. The first-order valence-corrected chi connectivity index (χ1v) is 10.0. The Hall–Kier alpha value is -3.09. The van der Waals surface area contributed by atoms with Crippen molar-refractivity contribution in [2.75, 3.05) is 25.0 Å². The Balaban J connectivity index is 1.30. The highest BCUT2D eigenvalue weighted by atomic mass is 19.1. The Morgan fingerprint density at radius 1 is 1.21 bits per heavy atom. The molecule has 29 heavy (non-hydrogen) atoms. The third-order valence-corrected chi connectivity index (χ3v) is 5.42. The number of imidazole rings is 1. The largest absolute Gasteiger partial charge is 0.371 e. The predicted molar refractivity (Wildman–Crippen MR) is 115 cm³/mol. The van der Waals surface area contributed by atoms with Crippen molar-refractivity contribution in [1.29, 1.82) is 0 Å². The minimum absolute atomic E-state index is 0.186. The highest BCUT2D eigenvalue weighted by molar-refractivity contribution is 5.80. The molecule has 3 heterocycles. The Morgan fingerprint density at radius 3 is 2.72 bits per heavy atom. The van der Waals surface area contributed by atoms with Crippen molar-refractivity contribution in [2.45, 2.75) is 32.4 Å². The molecule has 0 atom stereocenters. The molecule has 0 radical (unpaired) electrons. The number of aromatic nitrogens is 2. The van der Waals surface area contributed by atoms with Crippen molar-refractivity contribution in [3.05, 3.63) is 65.9 Å². The Morgan fingerprint density at radius 2 is 2.00 bits per heavy atom. The molecule has 7 heteroatoms. The number of anilines is 1. The molecule has 4 rings (SSSR count). The fourth-order valence-corrected chi connectivity index (χ4v) is 3.80. The number of guanidine groups is 1. The highest BCUT2D eigenvalue weighted by Gasteiger charge is 2.20. The minimum atomic E-state index is -0.186. The van der Waals surface area contributed by atoms with Gasteiger partial charge < -0.3 is 19.9 Å². The van der Waals surface area contributed by atoms with E-state index in [4.69, 9.17) is 0 Å². The molecule has 152 valence electrons. The summed E-state index contributed by atoms with van der Waals surface area (Å²) in [7, 11) is 1.78. The van der Waals surface area contributed by atoms with Crippen LogP contribution in [-0.4, -0.2) is 41.5 Å². The van der Waals surface area contributed by atoms with Crippen LogP contribution in [0.15, 0.2) is 53.7 Å². The smallest absolute Gasteiger partial charge is 0.191 e. The van der Waals surface area contributed by atoms with Crippen LogP contribution in [0.5, 0.6) is 0 Å². The minimum Gasteiger partial charge on any atom is -0.371 e. The molecule has 0 unspecified atom stereocenters. The van der Waals surface area contributed by atoms with Gasteiger partial charge in [0.25, 0.3) is 0 Å². The number of aliphatic imine (C=N–C) groups is 1. The van der Waals surface area contributed by atoms with Gasteiger partial charge in [-0.3, -0.25) is 4.99 Å². The summed E-state index contributed by atoms with van der Waals surface area (Å²) in [6.07, 6.45) is 4.01. The maximum absolute atomic E-state index is 13.5. The van der Waals surface area contributed by atoms with Gasteiger partial charge in [0.05, 0.1) is 12.2 Å². The molecule has 0 amide bonds. The molecule has 3 aromatic rings. The van der Waals surface area contributed by atoms with Crippen LogP contribution < -0.4 is 15.5 Å². The number of aryl methyl sites for hydroxylation is 1. The van der Waals surface area contributed by atoms with E-state index >= 15 is 0 Å². The van der Waals surface area contributed by atoms with Crippen molar-refractivity contribution in [1.82, 2.24) is 20.0 Å². The lowest BCUT2D eigenvalue weighted by atomic mass is 10.0. The molecular weight excluding hydrogens is 367 g/mol. The number of benzene rings is 1. The van der Waals surface area contributed by atoms with Crippen LogP contribution in [0.25, 0.3) is 5.65 Å². The van der Waals surface area contributed by atoms with Gasteiger partial charge in [0.1, 0.15) is 11.5 Å². The van der Waals surface area contributed by atoms with Crippen molar-refractivity contribution < 1.29 is 4.39 Å². The van der Waals surface area contributed by atoms with E-state index in [2.05, 4.69) is 49.1 Å². The maximum atomic E-state index is 13.5. The number of hydrogen-bond acceptors (Lipinski definition) is 3. The molecule has 1 aliphatic heterocycles. The van der Waals surface area contributed by atoms with E-state index in [0.29, 0.717) is 12.6 Å². The average molecular weight is 394 g/mol. The third-order valence-electron chi connectivity index (χ3n) is 5.42. The zero-order valence-electron chi connectivity index (χ0n) is 16.9. The quantitative estimate of drug-likeness (QED) is 0.527. The molecular formula is C22H27FN6. The molecule has 0 aliphatic carbocycles. The van der Waals surface area contributed by atoms with Gasteiger partial charge in [-0.1, -0.05) is 12.1 Å². The number of nitrogens with zero attached hydrogens (tertiary/aromatic N) is 4. The lowest BCUT2D eigenvalue weighted by Gasteiger charge is -2.34. The first kappa shape index (κ1) is 19.2. The van der Waals surface area contributed by atoms with E-state index in [9.17, 15) is 4.39 Å². The van der Waals surface area contributed by atoms with Crippen LogP contribution in [0.1, 0.15) is 24.2 Å². The topological polar surface area (TPSA) is 57.0 Å². The summed E-state index contributed by atoms with van der Waals surface area (Å²) in [4.78, 5) is 11.2. The molecule has 1 fully saturated rings. The van der Waals surface area contributed by atoms with Crippen molar-refractivity contribution in [2.24, 2.45) is 4.99 Å². The van der Waals surface area contributed by atoms with Crippen LogP contribution in [0.2, 0.25) is 0 Å². The van der Waals surface area contributed by atoms with Gasteiger partial charge in [-0.2, -0.15) is 0 Å². The summed E-state index contributed by atoms with van der Waals surface area (Å²) in [5, 5.41) is 6.87. The summed E-state index contributed by atoms with van der Waals surface area (Å²) in [6.45, 7) is 4.47. The molecule has 1 saturated heterocycles. The molecule has 2 N–H and O–H groups in total. The molecule has 0 bridgehead atoms. The van der Waals surface area contributed by atoms with Crippen molar-refractivity contribution >= 4 is 17.3 Å². The second kappa shape index (κ2) is 8.51. The zero-order valence-corrected chi connectivity index (χ0v) is 16.9. The monoisotopic (exact) mass is 394 g/mol. The number of hydrogen-bond donors (Lipinski definition) is 2. The van der Waals surface area contributed by atoms with Crippen LogP contribution in [0, 0.1) is 12.7 Å². The first-order valence-electron chi connectivity index (χ1n) is 10.0. The van der Waals surface area contributed by atoms with E-state index in [1.165, 1.54) is 6.07 Å². The van der Waals surface area contributed by atoms with Gasteiger partial charge in [0.15, 0.2) is 5.96 Å². The standard InChI is InChI=1S/C22H27FN6/c1-16-5-3-8-21-26-19(15-29(16)21)14-25-22(24-2)27-18-9-11-28(12-10-18)20-7-4-6-17(23)13-20/h3-8,13,15,18H,9-12,14H2,1-2H3,(H2,24,25,27). The summed E-state index contributed by atoms with van der Waals surface area (Å²) in [5.74, 6) is 0.595. The summed E-state index contributed by atoms with van der Waals surface area (Å²) < 4.78 is 15.6. The number of piperidine rings is 1. The van der Waals surface area contributed by atoms with E-state index in [-0.39, 0.29) is 5.82 Å². The van der Waals surface area contributed by atoms with Crippen LogP contribution in [-0.2, 0) is 6.54 Å². The molecule has 1 aliphatic rings. The fourth-order valence-electron chi connectivity index (χ4n) is 3.80. The zero-order chi connectivity index (χ0) is 20.2. The summed E-state index contributed by atoms with van der Waals surface area (Å²) in [6, 6.07) is 13.3. The predicted octanol–water partition coefficient (Wildman–Crippen LogP) is 3.12. The second-order valence-electron chi connectivity index (χ2n) is 7.44. The molecule has 6 nitrogen and oxygen atoms in total. The summed E-state index contributed by atoms with van der Waals surface area (Å²) >= 11 is 0. The van der Waals surface area contributed by atoms with Gasteiger partial charge >= 0.3 is 0 Å². The number of fused-ring (bicyclic) bond motifs is 1. The maximum Gasteiger partial charge on any atom is 0.191 e. The van der Waals surface area contributed by atoms with Crippen molar-refractivity contribution in [3.63, 3.8) is 0 Å². The Labute approximate surface area is 170 Å². The van der Waals surface area contributed by atoms with E-state index < -0.39 is 0 Å². The average Bonchev–Trinajstić information content (AvgIpc) is 3.16. The lowest BCUT2D eigenvalue weighted by Crippen LogP contribution is -2.48. The van der Waals surface area contributed by atoms with Gasteiger partial charge in [-0.25, -0.2) is 9.37 Å².